The van der Waals surface area contributed by atoms with Crippen LogP contribution >= 0.6 is 0 Å². The van der Waals surface area contributed by atoms with Crippen molar-refractivity contribution in [3.63, 3.8) is 0 Å². The van der Waals surface area contributed by atoms with Crippen LogP contribution in [0.1, 0.15) is 32.1 Å². The Kier molecular flexibility index (Phi) is 3.79. The lowest BCUT2D eigenvalue weighted by molar-refractivity contribution is -0.162. The van der Waals surface area contributed by atoms with E-state index in [1.165, 1.54) is 0 Å². The van der Waals surface area contributed by atoms with Crippen LogP contribution in [0.15, 0.2) is 18.3 Å². The summed E-state index contributed by atoms with van der Waals surface area (Å²) in [6.07, 6.45) is 4.48. The molecule has 2 saturated heterocycles. The van der Waals surface area contributed by atoms with Crippen molar-refractivity contribution in [1.29, 1.82) is 0 Å². The van der Waals surface area contributed by atoms with Gasteiger partial charge in [-0.15, -0.1) is 0 Å². The highest BCUT2D eigenvalue weighted by Gasteiger charge is 2.50. The lowest BCUT2D eigenvalue weighted by Crippen LogP contribution is -2.63. The first-order valence-electron chi connectivity index (χ1n) is 8.54. The second-order valence-corrected chi connectivity index (χ2v) is 7.09. The van der Waals surface area contributed by atoms with Gasteiger partial charge in [0.15, 0.2) is 18.2 Å². The highest BCUT2D eigenvalue weighted by atomic mass is 16.5. The molecular formula is C17H21N3O5. The molecule has 25 heavy (non-hydrogen) atoms. The summed E-state index contributed by atoms with van der Waals surface area (Å²) >= 11 is 0. The van der Waals surface area contributed by atoms with Crippen molar-refractivity contribution in [2.24, 2.45) is 0 Å². The molecule has 8 heteroatoms. The number of carboxylic acid groups (broad SMARTS) is 1. The molecule has 1 aromatic heterocycles. The molecule has 1 saturated carbocycles. The maximum atomic E-state index is 12.2. The quantitative estimate of drug-likeness (QED) is 0.857. The van der Waals surface area contributed by atoms with Gasteiger partial charge in [0.1, 0.15) is 0 Å². The van der Waals surface area contributed by atoms with Crippen LogP contribution < -0.4 is 15.0 Å². The average Bonchev–Trinajstić information content (AvgIpc) is 2.62. The number of fused-ring (bicyclic) bond motifs is 4. The molecular weight excluding hydrogens is 326 g/mol. The third-order valence-corrected chi connectivity index (χ3v) is 5.59. The van der Waals surface area contributed by atoms with Crippen molar-refractivity contribution in [1.82, 2.24) is 10.3 Å². The van der Waals surface area contributed by atoms with E-state index in [9.17, 15) is 9.59 Å². The molecule has 4 aliphatic rings. The molecule has 4 heterocycles. The molecule has 3 aliphatic heterocycles. The summed E-state index contributed by atoms with van der Waals surface area (Å²) in [7, 11) is 0. The summed E-state index contributed by atoms with van der Waals surface area (Å²) in [6.45, 7) is 0.939. The number of anilines is 1. The second-order valence-electron chi connectivity index (χ2n) is 7.09. The summed E-state index contributed by atoms with van der Waals surface area (Å²) in [6, 6.07) is 3.59. The van der Waals surface area contributed by atoms with Crippen molar-refractivity contribution < 1.29 is 24.2 Å². The van der Waals surface area contributed by atoms with Gasteiger partial charge in [-0.2, -0.15) is 0 Å². The smallest absolute Gasteiger partial charge is 0.405 e. The van der Waals surface area contributed by atoms with Gasteiger partial charge in [-0.25, -0.2) is 9.78 Å². The largest absolute Gasteiger partial charge is 0.480 e. The SMILES string of the molecule is O=C(O)NC12CCC(CCN3C(=O)COc4cccnc43)(CC1)OC2. The molecule has 3 fully saturated rings. The molecule has 1 aliphatic carbocycles. The highest BCUT2D eigenvalue weighted by molar-refractivity contribution is 5.96. The van der Waals surface area contributed by atoms with Crippen LogP contribution in [0.5, 0.6) is 5.75 Å². The number of carbonyl (C=O) groups is 2. The van der Waals surface area contributed by atoms with Crippen LogP contribution in [0.4, 0.5) is 10.6 Å². The molecule has 8 nitrogen and oxygen atoms in total. The van der Waals surface area contributed by atoms with Gasteiger partial charge in [0.2, 0.25) is 0 Å². The van der Waals surface area contributed by atoms with E-state index in [-0.39, 0.29) is 18.1 Å². The molecule has 0 unspecified atom stereocenters. The minimum absolute atomic E-state index is 0.0260. The first-order valence-corrected chi connectivity index (χ1v) is 8.54. The Labute approximate surface area is 145 Å². The molecule has 134 valence electrons. The number of nitrogens with zero attached hydrogens (tertiary/aromatic N) is 2. The molecule has 0 radical (unpaired) electrons. The number of pyridine rings is 1. The lowest BCUT2D eigenvalue weighted by Gasteiger charge is -2.53. The van der Waals surface area contributed by atoms with Gasteiger partial charge in [0, 0.05) is 12.7 Å². The molecule has 5 rings (SSSR count). The molecule has 0 atom stereocenters. The van der Waals surface area contributed by atoms with E-state index in [2.05, 4.69) is 10.3 Å². The number of hydrogen-bond donors (Lipinski definition) is 2. The van der Waals surface area contributed by atoms with Crippen LogP contribution in [-0.4, -0.2) is 53.0 Å². The third-order valence-electron chi connectivity index (χ3n) is 5.59. The molecule has 0 spiro atoms. The maximum absolute atomic E-state index is 12.2. The lowest BCUT2D eigenvalue weighted by atomic mass is 9.70. The maximum Gasteiger partial charge on any atom is 0.405 e. The summed E-state index contributed by atoms with van der Waals surface area (Å²) in [5.74, 6) is 1.08. The summed E-state index contributed by atoms with van der Waals surface area (Å²) in [5, 5.41) is 11.6. The first-order chi connectivity index (χ1) is 12.0. The van der Waals surface area contributed by atoms with Gasteiger partial charge in [0.25, 0.3) is 5.91 Å². The third kappa shape index (κ3) is 2.90. The predicted molar refractivity (Wildman–Crippen MR) is 87.7 cm³/mol. The Morgan fingerprint density at radius 3 is 2.84 bits per heavy atom. The number of rotatable bonds is 4. The van der Waals surface area contributed by atoms with E-state index in [1.54, 1.807) is 17.2 Å². The fourth-order valence-corrected chi connectivity index (χ4v) is 4.05. The fraction of sp³-hybridized carbons (Fsp3) is 0.588. The van der Waals surface area contributed by atoms with Gasteiger partial charge in [-0.05, 0) is 44.2 Å². The fourth-order valence-electron chi connectivity index (χ4n) is 4.05. The molecule has 1 aromatic rings. The summed E-state index contributed by atoms with van der Waals surface area (Å²) in [4.78, 5) is 29.2. The number of hydrogen-bond acceptors (Lipinski definition) is 5. The number of amides is 2. The number of aromatic nitrogens is 1. The molecule has 2 amide bonds. The van der Waals surface area contributed by atoms with Crippen molar-refractivity contribution >= 4 is 17.8 Å². The summed E-state index contributed by atoms with van der Waals surface area (Å²) < 4.78 is 11.5. The van der Waals surface area contributed by atoms with Crippen molar-refractivity contribution in [3.05, 3.63) is 18.3 Å². The Hall–Kier alpha value is -2.35. The van der Waals surface area contributed by atoms with E-state index < -0.39 is 11.6 Å². The zero-order valence-corrected chi connectivity index (χ0v) is 13.9. The number of ether oxygens (including phenoxy) is 2. The van der Waals surface area contributed by atoms with Gasteiger partial charge >= 0.3 is 6.09 Å². The average molecular weight is 347 g/mol. The summed E-state index contributed by atoms with van der Waals surface area (Å²) in [5.41, 5.74) is -0.730. The highest BCUT2D eigenvalue weighted by Crippen LogP contribution is 2.45. The van der Waals surface area contributed by atoms with Gasteiger partial charge < -0.3 is 19.9 Å². The van der Waals surface area contributed by atoms with Crippen LogP contribution in [0.2, 0.25) is 0 Å². The Bertz CT molecular complexity index is 683. The minimum Gasteiger partial charge on any atom is -0.480 e. The topological polar surface area (TPSA) is 101 Å². The van der Waals surface area contributed by atoms with E-state index >= 15 is 0 Å². The minimum atomic E-state index is -1.00. The van der Waals surface area contributed by atoms with Crippen molar-refractivity contribution in [2.75, 3.05) is 24.7 Å². The van der Waals surface area contributed by atoms with Gasteiger partial charge in [0.05, 0.1) is 17.7 Å². The molecule has 0 aromatic carbocycles. The zero-order chi connectivity index (χ0) is 17.5. The first kappa shape index (κ1) is 16.1. The van der Waals surface area contributed by atoms with Gasteiger partial charge in [-0.1, -0.05) is 0 Å². The Morgan fingerprint density at radius 1 is 1.36 bits per heavy atom. The zero-order valence-electron chi connectivity index (χ0n) is 13.9. The second kappa shape index (κ2) is 5.87. The van der Waals surface area contributed by atoms with Crippen molar-refractivity contribution in [3.8, 4) is 5.75 Å². The standard InChI is InChI=1S/C17H21N3O5/c21-13-10-24-12-2-1-8-18-14(12)20(13)9-7-17-5-3-16(4-6-17,11-25-17)19-15(22)23/h1-2,8,19H,3-7,9-11H2,(H,22,23). The van der Waals surface area contributed by atoms with E-state index in [4.69, 9.17) is 14.6 Å². The monoisotopic (exact) mass is 347 g/mol. The van der Waals surface area contributed by atoms with Crippen LogP contribution in [-0.2, 0) is 9.53 Å². The van der Waals surface area contributed by atoms with Crippen LogP contribution in [0.3, 0.4) is 0 Å². The van der Waals surface area contributed by atoms with E-state index in [1.807, 2.05) is 6.07 Å². The molecule has 2 bridgehead atoms. The predicted octanol–water partition coefficient (Wildman–Crippen LogP) is 1.55. The van der Waals surface area contributed by atoms with Crippen LogP contribution in [0.25, 0.3) is 0 Å². The van der Waals surface area contributed by atoms with E-state index in [0.717, 1.165) is 25.7 Å². The molecule has 2 N–H and O–H groups in total. The Morgan fingerprint density at radius 2 is 2.16 bits per heavy atom. The Balaban J connectivity index is 1.43. The number of nitrogens with one attached hydrogen (secondary N) is 1. The van der Waals surface area contributed by atoms with Crippen LogP contribution in [0, 0.1) is 0 Å². The van der Waals surface area contributed by atoms with Gasteiger partial charge in [-0.3, -0.25) is 9.69 Å². The van der Waals surface area contributed by atoms with Crippen molar-refractivity contribution in [2.45, 2.75) is 43.2 Å². The number of carbonyl (C=O) groups excluding carboxylic acids is 1. The van der Waals surface area contributed by atoms with E-state index in [0.29, 0.717) is 31.1 Å². The normalized spacial score (nSPS) is 30.6.